The van der Waals surface area contributed by atoms with Gasteiger partial charge in [-0.05, 0) is 48.5 Å². The maximum absolute atomic E-state index is 3.31. The van der Waals surface area contributed by atoms with E-state index in [0.717, 1.165) is 33.4 Å². The Morgan fingerprint density at radius 2 is 0.700 bits per heavy atom. The maximum Gasteiger partial charge on any atom is 0.0353 e. The second kappa shape index (κ2) is 9.66. The number of benzene rings is 4. The third kappa shape index (κ3) is 5.53. The second-order valence-corrected chi connectivity index (χ2v) is 6.54. The molecule has 0 saturated carbocycles. The zero-order valence-corrected chi connectivity index (χ0v) is 16.3. The molecule has 4 aromatic carbocycles. The Labute approximate surface area is 178 Å². The number of rotatable bonds is 0. The van der Waals surface area contributed by atoms with E-state index in [1.165, 1.54) is 0 Å². The van der Waals surface area contributed by atoms with Gasteiger partial charge in [-0.2, -0.15) is 0 Å². The molecule has 0 aromatic heterocycles. The summed E-state index contributed by atoms with van der Waals surface area (Å²) >= 11 is 0. The first-order valence-electron chi connectivity index (χ1n) is 9.64. The van der Waals surface area contributed by atoms with Gasteiger partial charge in [-0.15, -0.1) is 0 Å². The topological polar surface area (TPSA) is 0 Å². The quantitative estimate of drug-likeness (QED) is 0.346. The third-order valence-corrected chi connectivity index (χ3v) is 4.22. The average molecular weight is 377 g/mol. The molecule has 0 N–H and O–H groups in total. The highest BCUT2D eigenvalue weighted by molar-refractivity contribution is 5.54. The van der Waals surface area contributed by atoms with E-state index < -0.39 is 0 Å². The number of hydrogen-bond donors (Lipinski definition) is 0. The summed E-state index contributed by atoms with van der Waals surface area (Å²) in [6.07, 6.45) is 0. The summed E-state index contributed by atoms with van der Waals surface area (Å²) in [6.45, 7) is 0. The normalized spacial score (nSPS) is 9.20. The molecule has 0 unspecified atom stereocenters. The van der Waals surface area contributed by atoms with Crippen molar-refractivity contribution in [3.63, 3.8) is 0 Å². The Kier molecular flexibility index (Phi) is 6.09. The van der Waals surface area contributed by atoms with Crippen molar-refractivity contribution in [3.05, 3.63) is 143 Å². The van der Waals surface area contributed by atoms with Crippen molar-refractivity contribution in [2.45, 2.75) is 0 Å². The summed E-state index contributed by atoms with van der Waals surface area (Å²) < 4.78 is 0. The van der Waals surface area contributed by atoms with E-state index in [1.54, 1.807) is 0 Å². The minimum atomic E-state index is 0.774. The lowest BCUT2D eigenvalue weighted by Crippen LogP contribution is -1.86. The van der Waals surface area contributed by atoms with Crippen LogP contribution in [0.1, 0.15) is 33.4 Å². The van der Waals surface area contributed by atoms with Gasteiger partial charge in [0.1, 0.15) is 0 Å². The van der Waals surface area contributed by atoms with Gasteiger partial charge >= 0.3 is 0 Å². The molecular formula is C30H17. The average Bonchev–Trinajstić information content (AvgIpc) is 2.82. The lowest BCUT2D eigenvalue weighted by molar-refractivity contribution is 1.53. The van der Waals surface area contributed by atoms with Crippen LogP contribution in [0, 0.1) is 41.6 Å². The van der Waals surface area contributed by atoms with E-state index in [-0.39, 0.29) is 0 Å². The SMILES string of the molecule is C(#Cc1ccccc1)c1[c]c(C#Cc2ccccc2)cc(C#Cc2ccccc2)c1. The summed E-state index contributed by atoms with van der Waals surface area (Å²) in [7, 11) is 0. The van der Waals surface area contributed by atoms with Gasteiger partial charge in [-0.1, -0.05) is 90.1 Å². The van der Waals surface area contributed by atoms with Crippen LogP contribution in [0.3, 0.4) is 0 Å². The van der Waals surface area contributed by atoms with Gasteiger partial charge in [0.25, 0.3) is 0 Å². The smallest absolute Gasteiger partial charge is 0.0353 e. The minimum Gasteiger partial charge on any atom is -0.0622 e. The van der Waals surface area contributed by atoms with E-state index in [1.807, 2.05) is 103 Å². The molecule has 0 amide bonds. The summed E-state index contributed by atoms with van der Waals surface area (Å²) in [5.41, 5.74) is 5.31. The summed E-state index contributed by atoms with van der Waals surface area (Å²) in [4.78, 5) is 0. The van der Waals surface area contributed by atoms with E-state index in [4.69, 9.17) is 0 Å². The molecule has 0 aliphatic carbocycles. The molecule has 0 aliphatic rings. The molecule has 4 aromatic rings. The summed E-state index contributed by atoms with van der Waals surface area (Å²) in [6, 6.07) is 37.0. The van der Waals surface area contributed by atoms with Crippen molar-refractivity contribution < 1.29 is 0 Å². The van der Waals surface area contributed by atoms with Gasteiger partial charge in [0.05, 0.1) is 0 Å². The van der Waals surface area contributed by atoms with Gasteiger partial charge in [-0.3, -0.25) is 0 Å². The van der Waals surface area contributed by atoms with Gasteiger partial charge in [0, 0.05) is 39.4 Å². The fourth-order valence-electron chi connectivity index (χ4n) is 2.76. The Morgan fingerprint density at radius 3 is 1.10 bits per heavy atom. The molecular weight excluding hydrogens is 360 g/mol. The second-order valence-electron chi connectivity index (χ2n) is 6.54. The molecule has 0 spiro atoms. The predicted molar refractivity (Wildman–Crippen MR) is 123 cm³/mol. The zero-order chi connectivity index (χ0) is 20.4. The van der Waals surface area contributed by atoms with Crippen LogP contribution in [-0.2, 0) is 0 Å². The van der Waals surface area contributed by atoms with E-state index in [2.05, 4.69) is 41.6 Å². The van der Waals surface area contributed by atoms with Crippen LogP contribution in [0.5, 0.6) is 0 Å². The largest absolute Gasteiger partial charge is 0.0622 e. The van der Waals surface area contributed by atoms with Crippen molar-refractivity contribution in [2.24, 2.45) is 0 Å². The van der Waals surface area contributed by atoms with Crippen LogP contribution in [0.25, 0.3) is 0 Å². The summed E-state index contributed by atoms with van der Waals surface area (Å²) in [5.74, 6) is 19.2. The molecule has 0 fully saturated rings. The van der Waals surface area contributed by atoms with Crippen molar-refractivity contribution in [1.29, 1.82) is 0 Å². The first-order valence-corrected chi connectivity index (χ1v) is 9.64. The van der Waals surface area contributed by atoms with Crippen LogP contribution >= 0.6 is 0 Å². The Balaban J connectivity index is 1.71. The Hall–Kier alpha value is -4.44. The standard InChI is InChI=1S/C30H17/c1-4-10-25(11-5-1)16-19-28-22-29(20-17-26-12-6-2-7-13-26)24-30(23-28)21-18-27-14-8-3-9-15-27/h1-15,22-23H. The fourth-order valence-corrected chi connectivity index (χ4v) is 2.76. The molecule has 0 nitrogen and oxygen atoms in total. The van der Waals surface area contributed by atoms with Gasteiger partial charge in [0.15, 0.2) is 0 Å². The monoisotopic (exact) mass is 377 g/mol. The zero-order valence-electron chi connectivity index (χ0n) is 16.3. The lowest BCUT2D eigenvalue weighted by Gasteiger charge is -1.97. The van der Waals surface area contributed by atoms with Crippen molar-refractivity contribution >= 4 is 0 Å². The highest BCUT2D eigenvalue weighted by Gasteiger charge is 1.98. The van der Waals surface area contributed by atoms with Crippen LogP contribution < -0.4 is 0 Å². The van der Waals surface area contributed by atoms with E-state index >= 15 is 0 Å². The van der Waals surface area contributed by atoms with Crippen molar-refractivity contribution in [2.75, 3.05) is 0 Å². The molecule has 0 atom stereocenters. The van der Waals surface area contributed by atoms with Gasteiger partial charge in [0.2, 0.25) is 0 Å². The summed E-state index contributed by atoms with van der Waals surface area (Å²) in [5, 5.41) is 0. The van der Waals surface area contributed by atoms with Crippen LogP contribution in [0.2, 0.25) is 0 Å². The fraction of sp³-hybridized carbons (Fsp3) is 0. The predicted octanol–water partition coefficient (Wildman–Crippen LogP) is 5.69. The lowest BCUT2D eigenvalue weighted by atomic mass is 10.0. The number of hydrogen-bond acceptors (Lipinski definition) is 0. The molecule has 0 saturated heterocycles. The molecule has 4 rings (SSSR count). The highest BCUT2D eigenvalue weighted by Crippen LogP contribution is 2.09. The minimum absolute atomic E-state index is 0.774. The molecule has 0 heteroatoms. The van der Waals surface area contributed by atoms with Gasteiger partial charge in [-0.25, -0.2) is 0 Å². The van der Waals surface area contributed by atoms with Crippen LogP contribution in [-0.4, -0.2) is 0 Å². The highest BCUT2D eigenvalue weighted by atomic mass is 14.0. The molecule has 137 valence electrons. The van der Waals surface area contributed by atoms with Crippen LogP contribution in [0.15, 0.2) is 103 Å². The van der Waals surface area contributed by atoms with Crippen molar-refractivity contribution in [1.82, 2.24) is 0 Å². The Morgan fingerprint density at radius 1 is 0.367 bits per heavy atom. The third-order valence-electron chi connectivity index (χ3n) is 4.22. The van der Waals surface area contributed by atoms with Gasteiger partial charge < -0.3 is 0 Å². The Bertz CT molecular complexity index is 1130. The first kappa shape index (κ1) is 18.9. The molecule has 0 heterocycles. The molecule has 30 heavy (non-hydrogen) atoms. The first-order chi connectivity index (χ1) is 14.8. The molecule has 0 bridgehead atoms. The molecule has 0 aliphatic heterocycles. The van der Waals surface area contributed by atoms with Crippen molar-refractivity contribution in [3.8, 4) is 35.5 Å². The van der Waals surface area contributed by atoms with E-state index in [0.29, 0.717) is 0 Å². The maximum atomic E-state index is 3.31. The van der Waals surface area contributed by atoms with E-state index in [9.17, 15) is 0 Å². The van der Waals surface area contributed by atoms with Crippen LogP contribution in [0.4, 0.5) is 0 Å². The molecule has 1 radical (unpaired) electrons.